The van der Waals surface area contributed by atoms with Crippen LogP contribution >= 0.6 is 44.1 Å². The van der Waals surface area contributed by atoms with E-state index in [1.807, 2.05) is 12.1 Å². The summed E-state index contributed by atoms with van der Waals surface area (Å²) in [5.74, 6) is 0. The average Bonchev–Trinajstić information content (AvgIpc) is 2.41. The van der Waals surface area contributed by atoms with Gasteiger partial charge in [-0.25, -0.2) is 9.98 Å². The number of thiocarbonyl (C=S) groups is 1. The number of hydrogen-bond donors (Lipinski definition) is 0. The monoisotopic (exact) mass is 304 g/mol. The van der Waals surface area contributed by atoms with Crippen LogP contribution in [0.1, 0.15) is 0 Å². The van der Waals surface area contributed by atoms with Crippen molar-refractivity contribution < 1.29 is 0 Å². The first-order valence-corrected chi connectivity index (χ1v) is 5.13. The summed E-state index contributed by atoms with van der Waals surface area (Å²) in [6.45, 7) is 0. The second-order valence-electron chi connectivity index (χ2n) is 2.23. The molecular weight excluding hydrogens is 304 g/mol. The summed E-state index contributed by atoms with van der Waals surface area (Å²) in [7, 11) is 0. The number of hydrogen-bond acceptors (Lipinski definition) is 1. The molecule has 60 valence electrons. The van der Waals surface area contributed by atoms with E-state index in [-0.39, 0.29) is 0 Å². The molecular formula is C7H2Br2N2S. The van der Waals surface area contributed by atoms with E-state index in [0.29, 0.717) is 5.11 Å². The van der Waals surface area contributed by atoms with Crippen molar-refractivity contribution in [2.24, 2.45) is 9.98 Å². The molecule has 0 saturated heterocycles. The zero-order chi connectivity index (χ0) is 8.72. The number of rotatable bonds is 0. The molecule has 0 radical (unpaired) electrons. The first kappa shape index (κ1) is 8.47. The molecule has 1 aliphatic rings. The lowest BCUT2D eigenvalue weighted by Gasteiger charge is -1.89. The molecule has 0 aromatic heterocycles. The summed E-state index contributed by atoms with van der Waals surface area (Å²) in [6, 6.07) is 3.83. The SMILES string of the molecule is S=C1N=c2c(Br)ccc(Br)c2=N1. The van der Waals surface area contributed by atoms with Crippen LogP contribution in [-0.2, 0) is 0 Å². The first-order chi connectivity index (χ1) is 5.68. The van der Waals surface area contributed by atoms with Crippen molar-refractivity contribution in [2.75, 3.05) is 0 Å². The second-order valence-corrected chi connectivity index (χ2v) is 4.31. The van der Waals surface area contributed by atoms with Crippen LogP contribution < -0.4 is 10.7 Å². The Bertz CT molecular complexity index is 438. The standard InChI is InChI=1S/C7H2Br2N2S/c8-3-1-2-4(9)6-5(3)10-7(12)11-6/h1-2H. The summed E-state index contributed by atoms with van der Waals surface area (Å²) >= 11 is 11.6. The van der Waals surface area contributed by atoms with Crippen molar-refractivity contribution in [2.45, 2.75) is 0 Å². The fraction of sp³-hybridized carbons (Fsp3) is 0. The lowest BCUT2D eigenvalue weighted by atomic mass is 10.3. The Morgan fingerprint density at radius 1 is 1.00 bits per heavy atom. The molecule has 2 rings (SSSR count). The van der Waals surface area contributed by atoms with Gasteiger partial charge in [-0.1, -0.05) is 0 Å². The van der Waals surface area contributed by atoms with Crippen molar-refractivity contribution in [1.82, 2.24) is 0 Å². The van der Waals surface area contributed by atoms with Crippen molar-refractivity contribution >= 4 is 49.2 Å². The van der Waals surface area contributed by atoms with Crippen LogP contribution in [-0.4, -0.2) is 5.11 Å². The largest absolute Gasteiger partial charge is 0.220 e. The minimum Gasteiger partial charge on any atom is -0.216 e. The van der Waals surface area contributed by atoms with Crippen LogP contribution in [0.5, 0.6) is 0 Å². The third-order valence-corrected chi connectivity index (χ3v) is 2.93. The van der Waals surface area contributed by atoms with E-state index in [2.05, 4.69) is 41.8 Å². The summed E-state index contributed by atoms with van der Waals surface area (Å²) < 4.78 is 1.84. The van der Waals surface area contributed by atoms with Crippen molar-refractivity contribution in [3.63, 3.8) is 0 Å². The Morgan fingerprint density at radius 3 is 1.83 bits per heavy atom. The van der Waals surface area contributed by atoms with E-state index in [4.69, 9.17) is 12.2 Å². The topological polar surface area (TPSA) is 24.7 Å². The second kappa shape index (κ2) is 2.97. The molecule has 0 N–H and O–H groups in total. The van der Waals surface area contributed by atoms with E-state index in [9.17, 15) is 0 Å². The molecule has 0 atom stereocenters. The summed E-state index contributed by atoms with van der Waals surface area (Å²) in [6.07, 6.45) is 0. The predicted octanol–water partition coefficient (Wildman–Crippen LogP) is 1.75. The third kappa shape index (κ3) is 1.26. The minimum atomic E-state index is 0.387. The molecule has 0 unspecified atom stereocenters. The number of benzene rings is 1. The van der Waals surface area contributed by atoms with Gasteiger partial charge in [-0.05, 0) is 56.2 Å². The van der Waals surface area contributed by atoms with Gasteiger partial charge in [0.1, 0.15) is 10.7 Å². The molecule has 0 aliphatic carbocycles. The van der Waals surface area contributed by atoms with Crippen molar-refractivity contribution in [1.29, 1.82) is 0 Å². The Balaban J connectivity index is 3.00. The van der Waals surface area contributed by atoms with Gasteiger partial charge >= 0.3 is 0 Å². The molecule has 1 aliphatic heterocycles. The highest BCUT2D eigenvalue weighted by atomic mass is 79.9. The Labute approximate surface area is 90.7 Å². The molecule has 12 heavy (non-hydrogen) atoms. The van der Waals surface area contributed by atoms with Gasteiger partial charge < -0.3 is 0 Å². The summed E-state index contributed by atoms with van der Waals surface area (Å²) in [4.78, 5) is 8.20. The van der Waals surface area contributed by atoms with Gasteiger partial charge in [-0.2, -0.15) is 0 Å². The lowest BCUT2D eigenvalue weighted by Crippen LogP contribution is -2.24. The van der Waals surface area contributed by atoms with Crippen LogP contribution in [0.25, 0.3) is 0 Å². The molecule has 1 heterocycles. The average molecular weight is 306 g/mol. The van der Waals surface area contributed by atoms with Gasteiger partial charge in [0.25, 0.3) is 0 Å². The van der Waals surface area contributed by atoms with Crippen LogP contribution in [0.3, 0.4) is 0 Å². The number of fused-ring (bicyclic) bond motifs is 1. The molecule has 1 aromatic rings. The van der Waals surface area contributed by atoms with Gasteiger partial charge in [-0.3, -0.25) is 0 Å². The summed E-state index contributed by atoms with van der Waals surface area (Å²) in [5.41, 5.74) is 0. The molecule has 0 spiro atoms. The lowest BCUT2D eigenvalue weighted by molar-refractivity contribution is 1.31. The molecule has 0 amide bonds. The zero-order valence-electron chi connectivity index (χ0n) is 5.71. The van der Waals surface area contributed by atoms with Gasteiger partial charge in [0.2, 0.25) is 5.11 Å². The van der Waals surface area contributed by atoms with Crippen LogP contribution in [0.15, 0.2) is 31.1 Å². The highest BCUT2D eigenvalue weighted by Gasteiger charge is 2.07. The highest BCUT2D eigenvalue weighted by Crippen LogP contribution is 2.08. The normalized spacial score (nSPS) is 13.7. The molecule has 0 bridgehead atoms. The van der Waals surface area contributed by atoms with Crippen LogP contribution in [0.2, 0.25) is 0 Å². The third-order valence-electron chi connectivity index (χ3n) is 1.47. The zero-order valence-corrected chi connectivity index (χ0v) is 9.70. The number of halogens is 2. The maximum absolute atomic E-state index is 4.87. The highest BCUT2D eigenvalue weighted by molar-refractivity contribution is 9.11. The molecule has 1 aromatic carbocycles. The molecule has 0 fully saturated rings. The quantitative estimate of drug-likeness (QED) is 0.670. The smallest absolute Gasteiger partial charge is 0.216 e. The number of nitrogens with zero attached hydrogens (tertiary/aromatic N) is 2. The molecule has 2 nitrogen and oxygen atoms in total. The fourth-order valence-electron chi connectivity index (χ4n) is 0.959. The van der Waals surface area contributed by atoms with E-state index < -0.39 is 0 Å². The van der Waals surface area contributed by atoms with Crippen molar-refractivity contribution in [3.05, 3.63) is 31.8 Å². The van der Waals surface area contributed by atoms with E-state index in [1.165, 1.54) is 0 Å². The fourth-order valence-corrected chi connectivity index (χ4v) is 1.96. The van der Waals surface area contributed by atoms with Gasteiger partial charge in [0, 0.05) is 8.95 Å². The Morgan fingerprint density at radius 2 is 1.42 bits per heavy atom. The van der Waals surface area contributed by atoms with Crippen LogP contribution in [0, 0.1) is 0 Å². The van der Waals surface area contributed by atoms with Gasteiger partial charge in [-0.15, -0.1) is 0 Å². The molecule has 0 saturated carbocycles. The van der Waals surface area contributed by atoms with Crippen molar-refractivity contribution in [3.8, 4) is 0 Å². The maximum Gasteiger partial charge on any atom is 0.220 e. The predicted molar refractivity (Wildman–Crippen MR) is 56.8 cm³/mol. The van der Waals surface area contributed by atoms with Crippen LogP contribution in [0.4, 0.5) is 0 Å². The van der Waals surface area contributed by atoms with E-state index in [1.54, 1.807) is 0 Å². The van der Waals surface area contributed by atoms with Gasteiger partial charge in [0.05, 0.1) is 0 Å². The van der Waals surface area contributed by atoms with Gasteiger partial charge in [0.15, 0.2) is 0 Å². The molecule has 5 heteroatoms. The first-order valence-electron chi connectivity index (χ1n) is 3.14. The minimum absolute atomic E-state index is 0.387. The Kier molecular flexibility index (Phi) is 2.10. The Hall–Kier alpha value is -0.130. The van der Waals surface area contributed by atoms with E-state index >= 15 is 0 Å². The summed E-state index contributed by atoms with van der Waals surface area (Å²) in [5, 5.41) is 2.02. The maximum atomic E-state index is 4.87. The van der Waals surface area contributed by atoms with E-state index in [0.717, 1.165) is 19.7 Å².